The number of amides is 1. The standard InChI is InChI=1S/C13H14N2O/c14-15(10-4-2-5-10)13(16)12-8-7-9-3-1-6-11(9)12/h1,3,6-8,10H,2,4-5,14H2. The first-order valence-corrected chi connectivity index (χ1v) is 5.67. The largest absolute Gasteiger partial charge is 0.273 e. The molecule has 0 atom stereocenters. The molecule has 0 aromatic heterocycles. The van der Waals surface area contributed by atoms with E-state index in [0.717, 1.165) is 29.6 Å². The Balaban J connectivity index is 1.77. The summed E-state index contributed by atoms with van der Waals surface area (Å²) < 4.78 is 0. The maximum absolute atomic E-state index is 12.2. The van der Waals surface area contributed by atoms with Gasteiger partial charge in [0.05, 0.1) is 0 Å². The van der Waals surface area contributed by atoms with Gasteiger partial charge in [0, 0.05) is 11.6 Å². The van der Waals surface area contributed by atoms with Crippen LogP contribution >= 0.6 is 0 Å². The van der Waals surface area contributed by atoms with Crippen LogP contribution in [0.15, 0.2) is 47.1 Å². The Kier molecular flexibility index (Phi) is 2.07. The molecule has 0 bridgehead atoms. The van der Waals surface area contributed by atoms with E-state index in [9.17, 15) is 4.79 Å². The summed E-state index contributed by atoms with van der Waals surface area (Å²) in [5.74, 6) is 5.81. The number of nitrogens with two attached hydrogens (primary N) is 1. The minimum atomic E-state index is -0.0501. The normalized spacial score (nSPS) is 22.2. The molecule has 2 N–H and O–H groups in total. The van der Waals surface area contributed by atoms with E-state index in [-0.39, 0.29) is 11.9 Å². The molecule has 3 rings (SSSR count). The van der Waals surface area contributed by atoms with Crippen LogP contribution in [0.25, 0.3) is 0 Å². The number of hydrazine groups is 1. The summed E-state index contributed by atoms with van der Waals surface area (Å²) in [4.78, 5) is 12.2. The lowest BCUT2D eigenvalue weighted by molar-refractivity contribution is -0.131. The van der Waals surface area contributed by atoms with E-state index in [1.54, 1.807) is 0 Å². The Labute approximate surface area is 94.6 Å². The molecule has 0 saturated heterocycles. The summed E-state index contributed by atoms with van der Waals surface area (Å²) in [5, 5.41) is 1.41. The molecule has 0 heterocycles. The predicted octanol–water partition coefficient (Wildman–Crippen LogP) is 1.60. The number of hydrogen-bond donors (Lipinski definition) is 1. The monoisotopic (exact) mass is 214 g/mol. The molecule has 1 saturated carbocycles. The van der Waals surface area contributed by atoms with Gasteiger partial charge in [-0.15, -0.1) is 0 Å². The first-order chi connectivity index (χ1) is 7.77. The summed E-state index contributed by atoms with van der Waals surface area (Å²) in [5.41, 5.74) is 2.86. The zero-order valence-electron chi connectivity index (χ0n) is 9.02. The minimum Gasteiger partial charge on any atom is -0.273 e. The highest BCUT2D eigenvalue weighted by atomic mass is 16.2. The van der Waals surface area contributed by atoms with Crippen molar-refractivity contribution in [3.63, 3.8) is 0 Å². The molecule has 1 fully saturated rings. The lowest BCUT2D eigenvalue weighted by Gasteiger charge is -2.34. The Morgan fingerprint density at radius 3 is 2.81 bits per heavy atom. The van der Waals surface area contributed by atoms with E-state index in [2.05, 4.69) is 0 Å². The molecule has 0 aromatic rings. The van der Waals surface area contributed by atoms with Crippen molar-refractivity contribution in [2.75, 3.05) is 0 Å². The molecule has 3 heteroatoms. The van der Waals surface area contributed by atoms with Crippen LogP contribution in [-0.2, 0) is 4.79 Å². The second-order valence-electron chi connectivity index (χ2n) is 4.44. The van der Waals surface area contributed by atoms with Gasteiger partial charge in [0.15, 0.2) is 0 Å². The van der Waals surface area contributed by atoms with Gasteiger partial charge in [-0.1, -0.05) is 24.3 Å². The second-order valence-corrected chi connectivity index (χ2v) is 4.44. The van der Waals surface area contributed by atoms with Gasteiger partial charge in [-0.25, -0.2) is 5.84 Å². The van der Waals surface area contributed by atoms with Crippen LogP contribution in [-0.4, -0.2) is 17.0 Å². The fourth-order valence-corrected chi connectivity index (χ4v) is 2.24. The van der Waals surface area contributed by atoms with Crippen molar-refractivity contribution in [1.29, 1.82) is 0 Å². The quantitative estimate of drug-likeness (QED) is 0.431. The molecule has 1 amide bonds. The van der Waals surface area contributed by atoms with E-state index in [4.69, 9.17) is 5.84 Å². The molecule has 0 aliphatic heterocycles. The van der Waals surface area contributed by atoms with Crippen molar-refractivity contribution in [3.05, 3.63) is 47.1 Å². The second kappa shape index (κ2) is 3.46. The number of allylic oxidation sites excluding steroid dienone is 6. The SMILES string of the molecule is NN(C(=O)C1=CC=C2C=CC=C21)C1CCC1. The predicted molar refractivity (Wildman–Crippen MR) is 62.1 cm³/mol. The van der Waals surface area contributed by atoms with Gasteiger partial charge in [0.2, 0.25) is 0 Å². The number of nitrogens with zero attached hydrogens (tertiary/aromatic N) is 1. The van der Waals surface area contributed by atoms with E-state index in [1.165, 1.54) is 11.4 Å². The van der Waals surface area contributed by atoms with Crippen molar-refractivity contribution in [2.24, 2.45) is 5.84 Å². The zero-order valence-corrected chi connectivity index (χ0v) is 9.02. The zero-order chi connectivity index (χ0) is 11.1. The lowest BCUT2D eigenvalue weighted by Crippen LogP contribution is -2.49. The van der Waals surface area contributed by atoms with Crippen molar-refractivity contribution in [3.8, 4) is 0 Å². The topological polar surface area (TPSA) is 46.3 Å². The molecular weight excluding hydrogens is 200 g/mol. The summed E-state index contributed by atoms with van der Waals surface area (Å²) in [6.07, 6.45) is 13.0. The van der Waals surface area contributed by atoms with Gasteiger partial charge in [-0.2, -0.15) is 0 Å². The molecule has 3 aliphatic carbocycles. The van der Waals surface area contributed by atoms with Crippen molar-refractivity contribution in [2.45, 2.75) is 25.3 Å². The van der Waals surface area contributed by atoms with Gasteiger partial charge in [0.1, 0.15) is 0 Å². The molecule has 82 valence electrons. The summed E-state index contributed by atoms with van der Waals surface area (Å²) in [7, 11) is 0. The Morgan fingerprint density at radius 1 is 1.31 bits per heavy atom. The fourth-order valence-electron chi connectivity index (χ4n) is 2.24. The third-order valence-electron chi connectivity index (χ3n) is 3.50. The smallest absolute Gasteiger partial charge is 0.268 e. The van der Waals surface area contributed by atoms with Crippen LogP contribution in [0.4, 0.5) is 0 Å². The number of hydrogen-bond acceptors (Lipinski definition) is 2. The molecule has 0 spiro atoms. The molecule has 0 aromatic carbocycles. The Bertz CT molecular complexity index is 464. The highest BCUT2D eigenvalue weighted by molar-refractivity contribution is 6.01. The highest BCUT2D eigenvalue weighted by Gasteiger charge is 2.31. The molecule has 3 aliphatic rings. The van der Waals surface area contributed by atoms with Crippen molar-refractivity contribution in [1.82, 2.24) is 5.01 Å². The van der Waals surface area contributed by atoms with Crippen LogP contribution in [0, 0.1) is 0 Å². The van der Waals surface area contributed by atoms with Crippen LogP contribution in [0.5, 0.6) is 0 Å². The number of carbonyl (C=O) groups is 1. The van der Waals surface area contributed by atoms with Crippen LogP contribution in [0.1, 0.15) is 19.3 Å². The number of rotatable bonds is 2. The van der Waals surface area contributed by atoms with Gasteiger partial charge >= 0.3 is 0 Å². The average Bonchev–Trinajstić information content (AvgIpc) is 2.74. The minimum absolute atomic E-state index is 0.0501. The highest BCUT2D eigenvalue weighted by Crippen LogP contribution is 2.33. The van der Waals surface area contributed by atoms with Gasteiger partial charge in [-0.3, -0.25) is 9.80 Å². The molecule has 0 radical (unpaired) electrons. The summed E-state index contributed by atoms with van der Waals surface area (Å²) >= 11 is 0. The molecular formula is C13H14N2O. The van der Waals surface area contributed by atoms with Crippen LogP contribution < -0.4 is 5.84 Å². The fraction of sp³-hybridized carbons (Fsp3) is 0.308. The summed E-state index contributed by atoms with van der Waals surface area (Å²) in [6, 6.07) is 0.243. The first kappa shape index (κ1) is 9.60. The third kappa shape index (κ3) is 1.28. The maximum Gasteiger partial charge on any atom is 0.268 e. The van der Waals surface area contributed by atoms with Crippen LogP contribution in [0.2, 0.25) is 0 Å². The van der Waals surface area contributed by atoms with Crippen molar-refractivity contribution < 1.29 is 4.79 Å². The van der Waals surface area contributed by atoms with Crippen LogP contribution in [0.3, 0.4) is 0 Å². The van der Waals surface area contributed by atoms with E-state index in [0.29, 0.717) is 0 Å². The summed E-state index contributed by atoms with van der Waals surface area (Å²) in [6.45, 7) is 0. The van der Waals surface area contributed by atoms with Gasteiger partial charge in [0.25, 0.3) is 5.91 Å². The molecule has 0 unspecified atom stereocenters. The molecule has 16 heavy (non-hydrogen) atoms. The Hall–Kier alpha value is -1.61. The van der Waals surface area contributed by atoms with E-state index < -0.39 is 0 Å². The maximum atomic E-state index is 12.2. The third-order valence-corrected chi connectivity index (χ3v) is 3.50. The average molecular weight is 214 g/mol. The number of carbonyl (C=O) groups excluding carboxylic acids is 1. The molecule has 3 nitrogen and oxygen atoms in total. The van der Waals surface area contributed by atoms with E-state index in [1.807, 2.05) is 30.4 Å². The Morgan fingerprint density at radius 2 is 2.12 bits per heavy atom. The van der Waals surface area contributed by atoms with E-state index >= 15 is 0 Å². The number of fused-ring (bicyclic) bond motifs is 1. The van der Waals surface area contributed by atoms with Crippen molar-refractivity contribution >= 4 is 5.91 Å². The van der Waals surface area contributed by atoms with Gasteiger partial charge in [-0.05, 0) is 36.5 Å². The lowest BCUT2D eigenvalue weighted by atomic mass is 9.92. The first-order valence-electron chi connectivity index (χ1n) is 5.67. The van der Waals surface area contributed by atoms with Gasteiger partial charge < -0.3 is 0 Å².